The number of nitrogens with one attached hydrogen (secondary N) is 1. The van der Waals surface area contributed by atoms with Crippen LogP contribution in [-0.2, 0) is 0 Å². The smallest absolute Gasteiger partial charge is 0.222 e. The number of methoxy groups -OCH3 is 1. The third-order valence-electron chi connectivity index (χ3n) is 1.58. The van der Waals surface area contributed by atoms with Crippen LogP contribution < -0.4 is 10.1 Å². The highest BCUT2D eigenvalue weighted by Gasteiger charge is 1.95. The molecule has 1 N–H and O–H groups in total. The highest BCUT2D eigenvalue weighted by atomic mass is 32.2. The monoisotopic (exact) mass is 223 g/mol. The Balaban J connectivity index is 2.23. The number of hydrogen-bond acceptors (Lipinski definition) is 5. The fourth-order valence-corrected chi connectivity index (χ4v) is 1.39. The number of ether oxygens (including phenoxy) is 1. The lowest BCUT2D eigenvalue weighted by atomic mass is 10.6. The van der Waals surface area contributed by atoms with Gasteiger partial charge in [-0.25, -0.2) is 9.97 Å². The number of rotatable bonds is 6. The summed E-state index contributed by atoms with van der Waals surface area (Å²) >= 11 is 1.70. The Morgan fingerprint density at radius 2 is 2.27 bits per heavy atom. The standard InChI is InChI=1S/C10H13N3OS/c1-3-5-15-6-4-11-10-12-7-9(14-2)8-13-10/h1,7-8H,4-6H2,2H3,(H,11,12,13). The Kier molecular flexibility index (Phi) is 5.41. The summed E-state index contributed by atoms with van der Waals surface area (Å²) in [5.74, 6) is 5.52. The molecule has 15 heavy (non-hydrogen) atoms. The molecule has 0 atom stereocenters. The van der Waals surface area contributed by atoms with Gasteiger partial charge in [0, 0.05) is 12.3 Å². The maximum absolute atomic E-state index is 5.12. The largest absolute Gasteiger partial charge is 0.494 e. The van der Waals surface area contributed by atoms with Gasteiger partial charge in [-0.3, -0.25) is 0 Å². The first-order chi connectivity index (χ1) is 7.36. The van der Waals surface area contributed by atoms with Gasteiger partial charge in [-0.15, -0.1) is 18.2 Å². The number of nitrogens with zero attached hydrogens (tertiary/aromatic N) is 2. The minimum Gasteiger partial charge on any atom is -0.494 e. The molecule has 4 nitrogen and oxygen atoms in total. The Hall–Kier alpha value is -1.41. The molecule has 5 heteroatoms. The highest BCUT2D eigenvalue weighted by molar-refractivity contribution is 7.99. The number of aromatic nitrogens is 2. The van der Waals surface area contributed by atoms with E-state index in [1.807, 2.05) is 0 Å². The molecule has 0 aromatic carbocycles. The van der Waals surface area contributed by atoms with E-state index in [-0.39, 0.29) is 0 Å². The van der Waals surface area contributed by atoms with E-state index in [4.69, 9.17) is 11.2 Å². The SMILES string of the molecule is C#CCSCCNc1ncc(OC)cn1. The second-order valence-corrected chi connectivity index (χ2v) is 3.74. The number of thioether (sulfide) groups is 1. The molecule has 0 aliphatic carbocycles. The minimum absolute atomic E-state index is 0.608. The molecule has 0 bridgehead atoms. The van der Waals surface area contributed by atoms with Gasteiger partial charge in [-0.1, -0.05) is 5.92 Å². The minimum atomic E-state index is 0.608. The van der Waals surface area contributed by atoms with Gasteiger partial charge in [-0.05, 0) is 0 Å². The topological polar surface area (TPSA) is 47.0 Å². The zero-order valence-corrected chi connectivity index (χ0v) is 9.38. The summed E-state index contributed by atoms with van der Waals surface area (Å²) in [6.07, 6.45) is 8.38. The normalized spacial score (nSPS) is 9.33. The Bertz CT molecular complexity index is 320. The molecule has 1 aromatic rings. The fourth-order valence-electron chi connectivity index (χ4n) is 0.879. The molecular weight excluding hydrogens is 210 g/mol. The molecule has 0 amide bonds. The van der Waals surface area contributed by atoms with Crippen molar-refractivity contribution in [3.8, 4) is 18.1 Å². The van der Waals surface area contributed by atoms with E-state index in [1.165, 1.54) is 0 Å². The number of terminal acetylenes is 1. The Morgan fingerprint density at radius 1 is 1.53 bits per heavy atom. The van der Waals surface area contributed by atoms with Crippen molar-refractivity contribution in [1.82, 2.24) is 9.97 Å². The third kappa shape index (κ3) is 4.56. The van der Waals surface area contributed by atoms with Crippen LogP contribution in [-0.4, -0.2) is 35.1 Å². The van der Waals surface area contributed by atoms with Crippen molar-refractivity contribution in [3.05, 3.63) is 12.4 Å². The van der Waals surface area contributed by atoms with Crippen molar-refractivity contribution in [2.75, 3.05) is 30.5 Å². The van der Waals surface area contributed by atoms with Crippen LogP contribution in [0.4, 0.5) is 5.95 Å². The van der Waals surface area contributed by atoms with Crippen molar-refractivity contribution in [3.63, 3.8) is 0 Å². The van der Waals surface area contributed by atoms with Crippen LogP contribution in [0.5, 0.6) is 5.75 Å². The molecule has 0 fully saturated rings. The van der Waals surface area contributed by atoms with Gasteiger partial charge in [0.15, 0.2) is 5.75 Å². The molecule has 1 aromatic heterocycles. The van der Waals surface area contributed by atoms with Gasteiger partial charge in [0.05, 0.1) is 25.3 Å². The lowest BCUT2D eigenvalue weighted by Crippen LogP contribution is -2.07. The number of hydrogen-bond donors (Lipinski definition) is 1. The fraction of sp³-hybridized carbons (Fsp3) is 0.400. The summed E-state index contributed by atoms with van der Waals surface area (Å²) in [7, 11) is 1.59. The quantitative estimate of drug-likeness (QED) is 0.581. The molecule has 0 aliphatic rings. The third-order valence-corrected chi connectivity index (χ3v) is 2.44. The van der Waals surface area contributed by atoms with E-state index in [2.05, 4.69) is 21.2 Å². The molecule has 0 radical (unpaired) electrons. The highest BCUT2D eigenvalue weighted by Crippen LogP contribution is 2.07. The predicted octanol–water partition coefficient (Wildman–Crippen LogP) is 1.26. The summed E-state index contributed by atoms with van der Waals surface area (Å²) < 4.78 is 4.95. The van der Waals surface area contributed by atoms with Crippen molar-refractivity contribution in [2.45, 2.75) is 0 Å². The van der Waals surface area contributed by atoms with Crippen LogP contribution >= 0.6 is 11.8 Å². The molecule has 0 saturated heterocycles. The molecule has 0 spiro atoms. The molecule has 1 heterocycles. The van der Waals surface area contributed by atoms with Gasteiger partial charge in [0.1, 0.15) is 0 Å². The van der Waals surface area contributed by atoms with Crippen molar-refractivity contribution in [2.24, 2.45) is 0 Å². The van der Waals surface area contributed by atoms with Crippen molar-refractivity contribution in [1.29, 1.82) is 0 Å². The number of anilines is 1. The van der Waals surface area contributed by atoms with E-state index in [1.54, 1.807) is 31.3 Å². The molecule has 80 valence electrons. The summed E-state index contributed by atoms with van der Waals surface area (Å²) in [4.78, 5) is 8.14. The molecule has 1 rings (SSSR count). The second-order valence-electron chi connectivity index (χ2n) is 2.63. The zero-order chi connectivity index (χ0) is 10.9. The molecule has 0 unspecified atom stereocenters. The first-order valence-electron chi connectivity index (χ1n) is 4.48. The van der Waals surface area contributed by atoms with Gasteiger partial charge in [0.25, 0.3) is 0 Å². The molecule has 0 aliphatic heterocycles. The first-order valence-corrected chi connectivity index (χ1v) is 5.63. The van der Waals surface area contributed by atoms with Crippen LogP contribution in [0.2, 0.25) is 0 Å². The maximum atomic E-state index is 5.12. The van der Waals surface area contributed by atoms with Crippen LogP contribution in [0, 0.1) is 12.3 Å². The van der Waals surface area contributed by atoms with Gasteiger partial charge < -0.3 is 10.1 Å². The van der Waals surface area contributed by atoms with Crippen molar-refractivity contribution < 1.29 is 4.74 Å². The summed E-state index contributed by atoms with van der Waals surface area (Å²) in [5.41, 5.74) is 0. The lowest BCUT2D eigenvalue weighted by molar-refractivity contribution is 0.411. The van der Waals surface area contributed by atoms with E-state index in [9.17, 15) is 0 Å². The second kappa shape index (κ2) is 6.96. The Labute approximate surface area is 93.8 Å². The lowest BCUT2D eigenvalue weighted by Gasteiger charge is -2.03. The van der Waals surface area contributed by atoms with Gasteiger partial charge in [0.2, 0.25) is 5.95 Å². The maximum Gasteiger partial charge on any atom is 0.222 e. The summed E-state index contributed by atoms with van der Waals surface area (Å²) in [5, 5.41) is 3.09. The summed E-state index contributed by atoms with van der Waals surface area (Å²) in [6.45, 7) is 0.804. The average Bonchev–Trinajstić information content (AvgIpc) is 2.30. The van der Waals surface area contributed by atoms with E-state index in [0.29, 0.717) is 11.7 Å². The molecular formula is C10H13N3OS. The van der Waals surface area contributed by atoms with E-state index in [0.717, 1.165) is 18.1 Å². The predicted molar refractivity (Wildman–Crippen MR) is 63.2 cm³/mol. The van der Waals surface area contributed by atoms with E-state index >= 15 is 0 Å². The first kappa shape index (κ1) is 11.7. The average molecular weight is 223 g/mol. The van der Waals surface area contributed by atoms with Gasteiger partial charge in [-0.2, -0.15) is 0 Å². The Morgan fingerprint density at radius 3 is 2.87 bits per heavy atom. The van der Waals surface area contributed by atoms with E-state index < -0.39 is 0 Å². The van der Waals surface area contributed by atoms with Crippen LogP contribution in [0.15, 0.2) is 12.4 Å². The molecule has 0 saturated carbocycles. The van der Waals surface area contributed by atoms with Crippen LogP contribution in [0.25, 0.3) is 0 Å². The zero-order valence-electron chi connectivity index (χ0n) is 8.56. The van der Waals surface area contributed by atoms with Gasteiger partial charge >= 0.3 is 0 Å². The summed E-state index contributed by atoms with van der Waals surface area (Å²) in [6, 6.07) is 0. The van der Waals surface area contributed by atoms with Crippen molar-refractivity contribution >= 4 is 17.7 Å². The van der Waals surface area contributed by atoms with Crippen LogP contribution in [0.1, 0.15) is 0 Å². The van der Waals surface area contributed by atoms with Crippen LogP contribution in [0.3, 0.4) is 0 Å².